The number of amides is 1. The Morgan fingerprint density at radius 3 is 2.62 bits per heavy atom. The summed E-state index contributed by atoms with van der Waals surface area (Å²) in [6.45, 7) is 4.52. The molecule has 1 fully saturated rings. The molecule has 1 aliphatic rings. The highest BCUT2D eigenvalue weighted by atomic mass is 16.5. The molecule has 16 heavy (non-hydrogen) atoms. The van der Waals surface area contributed by atoms with Gasteiger partial charge in [-0.3, -0.25) is 4.79 Å². The van der Waals surface area contributed by atoms with Crippen LogP contribution in [0.2, 0.25) is 0 Å². The van der Waals surface area contributed by atoms with Crippen LogP contribution in [0.4, 0.5) is 0 Å². The summed E-state index contributed by atoms with van der Waals surface area (Å²) >= 11 is 0. The molecule has 1 rings (SSSR count). The summed E-state index contributed by atoms with van der Waals surface area (Å²) < 4.78 is 5.20. The van der Waals surface area contributed by atoms with Crippen molar-refractivity contribution in [2.45, 2.75) is 32.6 Å². The van der Waals surface area contributed by atoms with Crippen molar-refractivity contribution in [2.75, 3.05) is 26.3 Å². The van der Waals surface area contributed by atoms with E-state index in [1.165, 1.54) is 12.8 Å². The Labute approximate surface area is 97.9 Å². The Hall–Kier alpha value is -0.610. The molecule has 0 heterocycles. The van der Waals surface area contributed by atoms with Crippen molar-refractivity contribution in [3.8, 4) is 0 Å². The molecule has 0 spiro atoms. The summed E-state index contributed by atoms with van der Waals surface area (Å²) in [6, 6.07) is 0. The number of hydrogen-bond acceptors (Lipinski definition) is 3. The van der Waals surface area contributed by atoms with E-state index in [1.54, 1.807) is 0 Å². The van der Waals surface area contributed by atoms with E-state index in [2.05, 4.69) is 12.2 Å². The van der Waals surface area contributed by atoms with Crippen molar-refractivity contribution in [3.05, 3.63) is 0 Å². The van der Waals surface area contributed by atoms with Crippen LogP contribution in [0.3, 0.4) is 0 Å². The van der Waals surface area contributed by atoms with E-state index in [9.17, 15) is 4.79 Å². The highest BCUT2D eigenvalue weighted by molar-refractivity contribution is 5.78. The fourth-order valence-electron chi connectivity index (χ4n) is 2.10. The average Bonchev–Trinajstić information content (AvgIpc) is 2.29. The molecule has 0 saturated heterocycles. The first kappa shape index (κ1) is 13.5. The summed E-state index contributed by atoms with van der Waals surface area (Å²) in [5.41, 5.74) is 5.29. The Balaban J connectivity index is 2.06. The molecule has 1 aliphatic carbocycles. The molecule has 0 aromatic carbocycles. The number of ether oxygens (including phenoxy) is 1. The van der Waals surface area contributed by atoms with E-state index in [4.69, 9.17) is 10.5 Å². The van der Waals surface area contributed by atoms with Crippen LogP contribution < -0.4 is 11.1 Å². The Kier molecular flexibility index (Phi) is 6.42. The molecule has 0 unspecified atom stereocenters. The number of carbonyl (C=O) groups excluding carboxylic acids is 1. The molecule has 1 amide bonds. The van der Waals surface area contributed by atoms with Gasteiger partial charge in [0.25, 0.3) is 0 Å². The third-order valence-electron chi connectivity index (χ3n) is 3.19. The second kappa shape index (κ2) is 7.63. The summed E-state index contributed by atoms with van der Waals surface area (Å²) in [4.78, 5) is 11.7. The van der Waals surface area contributed by atoms with Crippen molar-refractivity contribution in [3.63, 3.8) is 0 Å². The molecule has 94 valence electrons. The van der Waals surface area contributed by atoms with Crippen LogP contribution in [0.5, 0.6) is 0 Å². The van der Waals surface area contributed by atoms with Crippen LogP contribution in [-0.2, 0) is 9.53 Å². The summed E-state index contributed by atoms with van der Waals surface area (Å²) in [6.07, 6.45) is 4.44. The third kappa shape index (κ3) is 4.94. The smallest absolute Gasteiger partial charge is 0.223 e. The second-order valence-corrected chi connectivity index (χ2v) is 4.65. The maximum Gasteiger partial charge on any atom is 0.223 e. The molecule has 3 N–H and O–H groups in total. The Bertz CT molecular complexity index is 201. The second-order valence-electron chi connectivity index (χ2n) is 4.65. The van der Waals surface area contributed by atoms with Gasteiger partial charge in [0.2, 0.25) is 5.91 Å². The molecular weight excluding hydrogens is 204 g/mol. The Morgan fingerprint density at radius 1 is 1.31 bits per heavy atom. The van der Waals surface area contributed by atoms with Crippen LogP contribution in [0.1, 0.15) is 32.6 Å². The minimum Gasteiger partial charge on any atom is -0.378 e. The summed E-state index contributed by atoms with van der Waals surface area (Å²) in [5, 5.41) is 2.92. The quantitative estimate of drug-likeness (QED) is 0.664. The van der Waals surface area contributed by atoms with Gasteiger partial charge < -0.3 is 15.8 Å². The fourth-order valence-corrected chi connectivity index (χ4v) is 2.10. The number of rotatable bonds is 6. The maximum absolute atomic E-state index is 11.7. The lowest BCUT2D eigenvalue weighted by Gasteiger charge is -2.25. The molecule has 0 aromatic heterocycles. The topological polar surface area (TPSA) is 64.3 Å². The van der Waals surface area contributed by atoms with Gasteiger partial charge in [-0.05, 0) is 31.6 Å². The lowest BCUT2D eigenvalue weighted by atomic mass is 9.82. The van der Waals surface area contributed by atoms with Crippen molar-refractivity contribution in [1.82, 2.24) is 5.32 Å². The third-order valence-corrected chi connectivity index (χ3v) is 3.19. The van der Waals surface area contributed by atoms with Crippen molar-refractivity contribution >= 4 is 5.91 Å². The zero-order valence-electron chi connectivity index (χ0n) is 10.2. The summed E-state index contributed by atoms with van der Waals surface area (Å²) in [7, 11) is 0. The minimum absolute atomic E-state index is 0.197. The molecule has 4 heteroatoms. The van der Waals surface area contributed by atoms with Gasteiger partial charge in [-0.15, -0.1) is 0 Å². The van der Waals surface area contributed by atoms with Crippen molar-refractivity contribution in [1.29, 1.82) is 0 Å². The predicted octanol–water partition coefficient (Wildman–Crippen LogP) is 0.904. The van der Waals surface area contributed by atoms with Crippen molar-refractivity contribution < 1.29 is 9.53 Å². The normalized spacial score (nSPS) is 25.4. The zero-order chi connectivity index (χ0) is 11.8. The van der Waals surface area contributed by atoms with Gasteiger partial charge in [0.15, 0.2) is 0 Å². The molecule has 0 atom stereocenters. The van der Waals surface area contributed by atoms with Crippen LogP contribution in [0.25, 0.3) is 0 Å². The van der Waals surface area contributed by atoms with Crippen LogP contribution in [-0.4, -0.2) is 32.2 Å². The average molecular weight is 228 g/mol. The maximum atomic E-state index is 11.7. The monoisotopic (exact) mass is 228 g/mol. The van der Waals surface area contributed by atoms with E-state index in [0.717, 1.165) is 18.8 Å². The fraction of sp³-hybridized carbons (Fsp3) is 0.917. The lowest BCUT2D eigenvalue weighted by molar-refractivity contribution is -0.126. The van der Waals surface area contributed by atoms with Crippen LogP contribution in [0.15, 0.2) is 0 Å². The first-order valence-corrected chi connectivity index (χ1v) is 6.29. The molecule has 1 saturated carbocycles. The van der Waals surface area contributed by atoms with E-state index in [-0.39, 0.29) is 11.8 Å². The standard InChI is InChI=1S/C12H24N2O2/c1-10-2-4-11(5-3-10)12(15)14-7-9-16-8-6-13/h10-11H,2-9,13H2,1H3,(H,14,15). The van der Waals surface area contributed by atoms with Crippen LogP contribution >= 0.6 is 0 Å². The van der Waals surface area contributed by atoms with Gasteiger partial charge in [0.05, 0.1) is 13.2 Å². The SMILES string of the molecule is CC1CCC(C(=O)NCCOCCN)CC1. The van der Waals surface area contributed by atoms with E-state index < -0.39 is 0 Å². The number of carbonyl (C=O) groups is 1. The highest BCUT2D eigenvalue weighted by Gasteiger charge is 2.23. The number of nitrogens with one attached hydrogen (secondary N) is 1. The van der Waals surface area contributed by atoms with E-state index in [0.29, 0.717) is 26.3 Å². The highest BCUT2D eigenvalue weighted by Crippen LogP contribution is 2.28. The predicted molar refractivity (Wildman–Crippen MR) is 64.0 cm³/mol. The van der Waals surface area contributed by atoms with E-state index in [1.807, 2.05) is 0 Å². The van der Waals surface area contributed by atoms with Gasteiger partial charge in [-0.1, -0.05) is 6.92 Å². The molecule has 0 radical (unpaired) electrons. The van der Waals surface area contributed by atoms with Crippen molar-refractivity contribution in [2.24, 2.45) is 17.6 Å². The van der Waals surface area contributed by atoms with Crippen LogP contribution in [0, 0.1) is 11.8 Å². The van der Waals surface area contributed by atoms with Gasteiger partial charge in [-0.2, -0.15) is 0 Å². The first-order chi connectivity index (χ1) is 7.74. The van der Waals surface area contributed by atoms with Gasteiger partial charge in [0.1, 0.15) is 0 Å². The zero-order valence-corrected chi connectivity index (χ0v) is 10.2. The van der Waals surface area contributed by atoms with Gasteiger partial charge >= 0.3 is 0 Å². The first-order valence-electron chi connectivity index (χ1n) is 6.29. The molecule has 0 aliphatic heterocycles. The van der Waals surface area contributed by atoms with Gasteiger partial charge in [-0.25, -0.2) is 0 Å². The molecule has 4 nitrogen and oxygen atoms in total. The Morgan fingerprint density at radius 2 is 2.00 bits per heavy atom. The summed E-state index contributed by atoms with van der Waals surface area (Å²) in [5.74, 6) is 1.21. The lowest BCUT2D eigenvalue weighted by Crippen LogP contribution is -2.35. The van der Waals surface area contributed by atoms with Gasteiger partial charge in [0, 0.05) is 19.0 Å². The number of nitrogens with two attached hydrogens (primary N) is 1. The largest absolute Gasteiger partial charge is 0.378 e. The molecule has 0 aromatic rings. The molecule has 0 bridgehead atoms. The molecular formula is C12H24N2O2. The minimum atomic E-state index is 0.197. The number of hydrogen-bond donors (Lipinski definition) is 2. The van der Waals surface area contributed by atoms with E-state index >= 15 is 0 Å².